The van der Waals surface area contributed by atoms with E-state index < -0.39 is 11.6 Å². The molecule has 0 saturated heterocycles. The highest BCUT2D eigenvalue weighted by Gasteiger charge is 2.13. The van der Waals surface area contributed by atoms with Crippen molar-refractivity contribution in [2.75, 3.05) is 18.2 Å². The summed E-state index contributed by atoms with van der Waals surface area (Å²) >= 11 is 1.34. The number of hydrogen-bond donors (Lipinski definition) is 0. The summed E-state index contributed by atoms with van der Waals surface area (Å²) in [6.07, 6.45) is 1.81. The molecule has 102 valence electrons. The quantitative estimate of drug-likeness (QED) is 0.808. The topological polar surface area (TPSA) is 39.9 Å². The lowest BCUT2D eigenvalue weighted by Gasteiger charge is -2.19. The predicted octanol–water partition coefficient (Wildman–Crippen LogP) is 3.72. The zero-order valence-corrected chi connectivity index (χ0v) is 11.7. The Hall–Kier alpha value is -2.13. The van der Waals surface area contributed by atoms with Crippen LogP contribution in [-0.2, 0) is 0 Å². The Bertz CT molecular complexity index is 683. The molecule has 2 rings (SSSR count). The molecule has 1 heterocycles. The van der Waals surface area contributed by atoms with E-state index in [4.69, 9.17) is 5.26 Å². The van der Waals surface area contributed by atoms with Crippen molar-refractivity contribution in [3.8, 4) is 6.07 Å². The fourth-order valence-electron chi connectivity index (χ4n) is 1.73. The van der Waals surface area contributed by atoms with Gasteiger partial charge in [-0.3, -0.25) is 0 Å². The van der Waals surface area contributed by atoms with Gasteiger partial charge in [0.15, 0.2) is 0 Å². The summed E-state index contributed by atoms with van der Waals surface area (Å²) in [5.41, 5.74) is 0.685. The van der Waals surface area contributed by atoms with Crippen molar-refractivity contribution in [1.82, 2.24) is 4.98 Å². The van der Waals surface area contributed by atoms with Crippen LogP contribution in [-0.4, -0.2) is 18.3 Å². The number of nitrogens with zero attached hydrogens (tertiary/aromatic N) is 3. The lowest BCUT2D eigenvalue weighted by Crippen LogP contribution is -2.13. The smallest absolute Gasteiger partial charge is 0.149 e. The van der Waals surface area contributed by atoms with Gasteiger partial charge in [0.05, 0.1) is 11.3 Å². The normalized spacial score (nSPS) is 10.2. The minimum absolute atomic E-state index is 0.218. The molecule has 0 amide bonds. The molecule has 0 saturated carbocycles. The zero-order valence-electron chi connectivity index (χ0n) is 10.9. The summed E-state index contributed by atoms with van der Waals surface area (Å²) in [6, 6.07) is 8.67. The third kappa shape index (κ3) is 2.73. The zero-order chi connectivity index (χ0) is 14.7. The highest BCUT2D eigenvalue weighted by Crippen LogP contribution is 2.28. The van der Waals surface area contributed by atoms with Crippen molar-refractivity contribution < 1.29 is 8.78 Å². The third-order valence-electron chi connectivity index (χ3n) is 2.77. The summed E-state index contributed by atoms with van der Waals surface area (Å²) in [5.74, 6) is -0.805. The van der Waals surface area contributed by atoms with Crippen LogP contribution in [0.15, 0.2) is 35.4 Å². The van der Waals surface area contributed by atoms with Crippen molar-refractivity contribution in [2.45, 2.75) is 5.03 Å². The Morgan fingerprint density at radius 3 is 2.60 bits per heavy atom. The van der Waals surface area contributed by atoms with Gasteiger partial charge in [0, 0.05) is 13.1 Å². The van der Waals surface area contributed by atoms with Crippen LogP contribution in [0.25, 0.3) is 0 Å². The molecule has 1 aromatic heterocycles. The Balaban J connectivity index is 2.43. The third-order valence-corrected chi connectivity index (χ3v) is 3.47. The van der Waals surface area contributed by atoms with Crippen LogP contribution in [0.3, 0.4) is 0 Å². The second kappa shape index (κ2) is 5.88. The summed E-state index contributed by atoms with van der Waals surface area (Å²) in [6.45, 7) is 0. The van der Waals surface area contributed by atoms with Crippen molar-refractivity contribution in [1.29, 1.82) is 5.26 Å². The van der Waals surface area contributed by atoms with Crippen molar-refractivity contribution in [2.24, 2.45) is 0 Å². The van der Waals surface area contributed by atoms with Crippen LogP contribution in [0, 0.1) is 23.0 Å². The van der Waals surface area contributed by atoms with Crippen LogP contribution in [0.4, 0.5) is 20.3 Å². The largest absolute Gasteiger partial charge is 0.327 e. The highest BCUT2D eigenvalue weighted by molar-refractivity contribution is 7.98. The summed E-state index contributed by atoms with van der Waals surface area (Å²) in [7, 11) is 1.63. The molecule has 0 atom stereocenters. The first-order valence-corrected chi connectivity index (χ1v) is 6.93. The molecule has 0 aliphatic heterocycles. The van der Waals surface area contributed by atoms with E-state index in [0.717, 1.165) is 6.07 Å². The Morgan fingerprint density at radius 1 is 1.25 bits per heavy atom. The number of pyridine rings is 1. The molecule has 0 fully saturated rings. The lowest BCUT2D eigenvalue weighted by atomic mass is 10.2. The first-order valence-electron chi connectivity index (χ1n) is 5.70. The first-order chi connectivity index (χ1) is 9.56. The molecule has 0 spiro atoms. The van der Waals surface area contributed by atoms with Crippen LogP contribution < -0.4 is 4.90 Å². The number of thioether (sulfide) groups is 1. The molecule has 0 aliphatic rings. The van der Waals surface area contributed by atoms with Crippen LogP contribution >= 0.6 is 11.8 Å². The second-order valence-electron chi connectivity index (χ2n) is 3.99. The number of anilines is 2. The molecule has 2 aromatic rings. The van der Waals surface area contributed by atoms with Gasteiger partial charge in [-0.05, 0) is 30.5 Å². The molecule has 6 heteroatoms. The minimum Gasteiger partial charge on any atom is -0.327 e. The van der Waals surface area contributed by atoms with E-state index in [-0.39, 0.29) is 5.69 Å². The molecular weight excluding hydrogens is 280 g/mol. The molecule has 1 aromatic carbocycles. The van der Waals surface area contributed by atoms with E-state index in [1.165, 1.54) is 28.8 Å². The van der Waals surface area contributed by atoms with E-state index >= 15 is 0 Å². The van der Waals surface area contributed by atoms with E-state index in [0.29, 0.717) is 16.4 Å². The molecule has 0 N–H and O–H groups in total. The Morgan fingerprint density at radius 2 is 2.00 bits per heavy atom. The van der Waals surface area contributed by atoms with Crippen molar-refractivity contribution in [3.63, 3.8) is 0 Å². The van der Waals surface area contributed by atoms with Crippen molar-refractivity contribution >= 4 is 23.3 Å². The maximum atomic E-state index is 13.7. The van der Waals surface area contributed by atoms with Gasteiger partial charge in [-0.2, -0.15) is 5.26 Å². The van der Waals surface area contributed by atoms with Crippen LogP contribution in [0.5, 0.6) is 0 Å². The van der Waals surface area contributed by atoms with Gasteiger partial charge >= 0.3 is 0 Å². The van der Waals surface area contributed by atoms with Gasteiger partial charge in [0.25, 0.3) is 0 Å². The van der Waals surface area contributed by atoms with Gasteiger partial charge in [-0.15, -0.1) is 11.8 Å². The maximum Gasteiger partial charge on any atom is 0.149 e. The number of hydrogen-bond acceptors (Lipinski definition) is 4. The number of nitriles is 1. The molecule has 3 nitrogen and oxygen atoms in total. The second-order valence-corrected chi connectivity index (χ2v) is 4.79. The molecule has 0 radical (unpaired) electrons. The van der Waals surface area contributed by atoms with Crippen LogP contribution in [0.1, 0.15) is 5.56 Å². The Kier molecular flexibility index (Phi) is 4.20. The summed E-state index contributed by atoms with van der Waals surface area (Å²) in [4.78, 5) is 5.82. The number of halogens is 2. The highest BCUT2D eigenvalue weighted by atomic mass is 32.2. The molecule has 0 aliphatic carbocycles. The number of aromatic nitrogens is 1. The minimum atomic E-state index is -0.663. The average Bonchev–Trinajstić information content (AvgIpc) is 2.45. The van der Waals surface area contributed by atoms with Gasteiger partial charge in [-0.25, -0.2) is 13.8 Å². The van der Waals surface area contributed by atoms with E-state index in [1.807, 2.05) is 12.3 Å². The maximum absolute atomic E-state index is 13.7. The monoisotopic (exact) mass is 291 g/mol. The average molecular weight is 291 g/mol. The Labute approximate surface area is 119 Å². The van der Waals surface area contributed by atoms with E-state index in [9.17, 15) is 8.78 Å². The lowest BCUT2D eigenvalue weighted by molar-refractivity contribution is 0.583. The SMILES string of the molecule is CSc1nc(N(C)c2ccc(F)cc2F)ccc1C#N. The fourth-order valence-corrected chi connectivity index (χ4v) is 2.25. The van der Waals surface area contributed by atoms with E-state index in [1.54, 1.807) is 19.2 Å². The molecule has 0 unspecified atom stereocenters. The molecule has 20 heavy (non-hydrogen) atoms. The first kappa shape index (κ1) is 14.3. The van der Waals surface area contributed by atoms with Crippen molar-refractivity contribution in [3.05, 3.63) is 47.5 Å². The molecule has 0 bridgehead atoms. The van der Waals surface area contributed by atoms with Gasteiger partial charge in [0.2, 0.25) is 0 Å². The molecular formula is C14H11F2N3S. The summed E-state index contributed by atoms with van der Waals surface area (Å²) < 4.78 is 26.7. The van der Waals surface area contributed by atoms with Gasteiger partial charge in [-0.1, -0.05) is 0 Å². The number of rotatable bonds is 3. The predicted molar refractivity (Wildman–Crippen MR) is 75.2 cm³/mol. The number of benzene rings is 1. The standard InChI is InChI=1S/C14H11F2N3S/c1-19(12-5-4-10(15)7-11(12)16)13-6-3-9(8-17)14(18-13)20-2/h3-7H,1-2H3. The fraction of sp³-hybridized carbons (Fsp3) is 0.143. The van der Waals surface area contributed by atoms with Gasteiger partial charge in [0.1, 0.15) is 28.5 Å². The summed E-state index contributed by atoms with van der Waals surface area (Å²) in [5, 5.41) is 9.52. The van der Waals surface area contributed by atoms with E-state index in [2.05, 4.69) is 4.98 Å². The van der Waals surface area contributed by atoms with Crippen LogP contribution in [0.2, 0.25) is 0 Å². The van der Waals surface area contributed by atoms with Gasteiger partial charge < -0.3 is 4.90 Å².